The summed E-state index contributed by atoms with van der Waals surface area (Å²) in [6, 6.07) is 4.58. The number of alkyl halides is 3. The van der Waals surface area contributed by atoms with Gasteiger partial charge in [-0.2, -0.15) is 13.2 Å². The van der Waals surface area contributed by atoms with Crippen LogP contribution in [0.4, 0.5) is 18.0 Å². The molecule has 1 N–H and O–H groups in total. The average Bonchev–Trinajstić information content (AvgIpc) is 2.59. The molecule has 25 heavy (non-hydrogen) atoms. The fourth-order valence-electron chi connectivity index (χ4n) is 2.04. The Bertz CT molecular complexity index is 565. The Morgan fingerprint density at radius 3 is 2.92 bits per heavy atom. The second kappa shape index (κ2) is 9.19. The monoisotopic (exact) mass is 379 g/mol. The second-order valence-corrected chi connectivity index (χ2v) is 6.51. The van der Waals surface area contributed by atoms with Crippen LogP contribution in [0.1, 0.15) is 25.3 Å². The largest absolute Gasteiger partial charge is 0.490 e. The molecule has 1 saturated heterocycles. The van der Waals surface area contributed by atoms with E-state index in [1.54, 1.807) is 6.92 Å². The standard InChI is InChI=1S/C16H20F3NO4S/c1-2-12(24-14(21)20-15-22-7-4-8-25-15)10-23-13-6-3-5-11(9-13)16(17,18)19/h3,5-6,9,12,15H,2,4,7-8,10H2,1H3,(H,20,21). The first-order chi connectivity index (χ1) is 11.9. The smallest absolute Gasteiger partial charge is 0.416 e. The molecular formula is C16H20F3NO4S. The maximum absolute atomic E-state index is 12.7. The fraction of sp³-hybridized carbons (Fsp3) is 0.562. The number of benzene rings is 1. The van der Waals surface area contributed by atoms with Crippen LogP contribution in [0, 0.1) is 0 Å². The van der Waals surface area contributed by atoms with Gasteiger partial charge in [-0.3, -0.25) is 5.32 Å². The average molecular weight is 379 g/mol. The Balaban J connectivity index is 1.82. The molecule has 0 saturated carbocycles. The summed E-state index contributed by atoms with van der Waals surface area (Å²) in [6.07, 6.45) is -4.26. The van der Waals surface area contributed by atoms with Crippen molar-refractivity contribution in [3.63, 3.8) is 0 Å². The predicted molar refractivity (Wildman–Crippen MR) is 87.4 cm³/mol. The van der Waals surface area contributed by atoms with Crippen LogP contribution >= 0.6 is 11.8 Å². The lowest BCUT2D eigenvalue weighted by atomic mass is 10.2. The van der Waals surface area contributed by atoms with Crippen molar-refractivity contribution in [2.75, 3.05) is 19.0 Å². The summed E-state index contributed by atoms with van der Waals surface area (Å²) in [4.78, 5) is 11.8. The molecule has 1 heterocycles. The summed E-state index contributed by atoms with van der Waals surface area (Å²) in [5, 5.41) is 2.59. The molecule has 1 aromatic carbocycles. The SMILES string of the molecule is CCC(COc1cccc(C(F)(F)F)c1)OC(=O)NC1OCCCS1. The summed E-state index contributed by atoms with van der Waals surface area (Å²) in [7, 11) is 0. The summed E-state index contributed by atoms with van der Waals surface area (Å²) >= 11 is 1.47. The highest BCUT2D eigenvalue weighted by molar-refractivity contribution is 7.99. The molecule has 1 aliphatic heterocycles. The van der Waals surface area contributed by atoms with Gasteiger partial charge in [-0.1, -0.05) is 13.0 Å². The van der Waals surface area contributed by atoms with Gasteiger partial charge in [-0.05, 0) is 36.8 Å². The molecule has 5 nitrogen and oxygen atoms in total. The zero-order valence-corrected chi connectivity index (χ0v) is 14.5. The van der Waals surface area contributed by atoms with Gasteiger partial charge in [-0.25, -0.2) is 4.79 Å². The lowest BCUT2D eigenvalue weighted by Gasteiger charge is -2.24. The Labute approximate surface area is 148 Å². The van der Waals surface area contributed by atoms with Crippen LogP contribution in [-0.2, 0) is 15.7 Å². The zero-order valence-electron chi connectivity index (χ0n) is 13.7. The van der Waals surface area contributed by atoms with Gasteiger partial charge in [0.2, 0.25) is 0 Å². The van der Waals surface area contributed by atoms with Gasteiger partial charge in [0.1, 0.15) is 18.5 Å². The van der Waals surface area contributed by atoms with Gasteiger partial charge in [0.25, 0.3) is 0 Å². The summed E-state index contributed by atoms with van der Waals surface area (Å²) in [5.41, 5.74) is -1.23. The third-order valence-corrected chi connectivity index (χ3v) is 4.47. The molecule has 0 radical (unpaired) electrons. The van der Waals surface area contributed by atoms with Gasteiger partial charge in [-0.15, -0.1) is 11.8 Å². The molecule has 9 heteroatoms. The Morgan fingerprint density at radius 2 is 2.28 bits per heavy atom. The van der Waals surface area contributed by atoms with E-state index in [1.807, 2.05) is 0 Å². The van der Waals surface area contributed by atoms with Crippen LogP contribution < -0.4 is 10.1 Å². The van der Waals surface area contributed by atoms with Crippen molar-refractivity contribution in [2.45, 2.75) is 37.6 Å². The molecule has 0 spiro atoms. The highest BCUT2D eigenvalue weighted by Crippen LogP contribution is 2.31. The summed E-state index contributed by atoms with van der Waals surface area (Å²) in [6.45, 7) is 2.33. The molecule has 1 fully saturated rings. The van der Waals surface area contributed by atoms with E-state index in [4.69, 9.17) is 14.2 Å². The van der Waals surface area contributed by atoms with Crippen molar-refractivity contribution in [3.8, 4) is 5.75 Å². The molecular weight excluding hydrogens is 359 g/mol. The first-order valence-electron chi connectivity index (χ1n) is 7.89. The van der Waals surface area contributed by atoms with Crippen molar-refractivity contribution in [2.24, 2.45) is 0 Å². The number of hydrogen-bond donors (Lipinski definition) is 1. The van der Waals surface area contributed by atoms with Gasteiger partial charge >= 0.3 is 12.3 Å². The minimum absolute atomic E-state index is 0.0378. The lowest BCUT2D eigenvalue weighted by molar-refractivity contribution is -0.137. The lowest BCUT2D eigenvalue weighted by Crippen LogP contribution is -2.39. The maximum Gasteiger partial charge on any atom is 0.416 e. The van der Waals surface area contributed by atoms with Crippen LogP contribution in [-0.4, -0.2) is 36.7 Å². The quantitative estimate of drug-likeness (QED) is 0.809. The first-order valence-corrected chi connectivity index (χ1v) is 8.93. The van der Waals surface area contributed by atoms with Gasteiger partial charge < -0.3 is 14.2 Å². The highest BCUT2D eigenvalue weighted by atomic mass is 32.2. The fourth-order valence-corrected chi connectivity index (χ4v) is 2.91. The molecule has 2 atom stereocenters. The number of carbonyl (C=O) groups excluding carboxylic acids is 1. The molecule has 0 bridgehead atoms. The number of amides is 1. The number of thioether (sulfide) groups is 1. The van der Waals surface area contributed by atoms with Gasteiger partial charge in [0, 0.05) is 0 Å². The first kappa shape index (κ1) is 19.7. The van der Waals surface area contributed by atoms with E-state index >= 15 is 0 Å². The third-order valence-electron chi connectivity index (χ3n) is 3.39. The normalized spacial score (nSPS) is 19.1. The Kier molecular flexibility index (Phi) is 7.24. The Morgan fingerprint density at radius 1 is 1.48 bits per heavy atom. The minimum atomic E-state index is -4.43. The van der Waals surface area contributed by atoms with E-state index in [0.717, 1.165) is 24.3 Å². The number of carbonyl (C=O) groups is 1. The second-order valence-electron chi connectivity index (χ2n) is 5.34. The van der Waals surface area contributed by atoms with Gasteiger partial charge in [0.05, 0.1) is 12.2 Å². The van der Waals surface area contributed by atoms with Crippen molar-refractivity contribution in [1.29, 1.82) is 0 Å². The van der Waals surface area contributed by atoms with Crippen molar-refractivity contribution in [3.05, 3.63) is 29.8 Å². The van der Waals surface area contributed by atoms with Crippen LogP contribution in [0.5, 0.6) is 5.75 Å². The molecule has 140 valence electrons. The molecule has 0 aromatic heterocycles. The predicted octanol–water partition coefficient (Wildman–Crippen LogP) is 4.03. The molecule has 1 amide bonds. The van der Waals surface area contributed by atoms with Crippen LogP contribution in [0.3, 0.4) is 0 Å². The topological polar surface area (TPSA) is 56.8 Å². The highest BCUT2D eigenvalue weighted by Gasteiger charge is 2.30. The van der Waals surface area contributed by atoms with Crippen molar-refractivity contribution < 1.29 is 32.2 Å². The number of ether oxygens (including phenoxy) is 3. The molecule has 1 aromatic rings. The number of hydrogen-bond acceptors (Lipinski definition) is 5. The summed E-state index contributed by atoms with van der Waals surface area (Å²) < 4.78 is 54.0. The summed E-state index contributed by atoms with van der Waals surface area (Å²) in [5.74, 6) is 0.962. The molecule has 0 aliphatic carbocycles. The van der Waals surface area contributed by atoms with Crippen LogP contribution in [0.25, 0.3) is 0 Å². The number of alkyl carbamates (subject to hydrolysis) is 1. The Hall–Kier alpha value is -1.61. The van der Waals surface area contributed by atoms with Crippen molar-refractivity contribution in [1.82, 2.24) is 5.32 Å². The zero-order chi connectivity index (χ0) is 18.3. The van der Waals surface area contributed by atoms with E-state index in [2.05, 4.69) is 5.32 Å². The van der Waals surface area contributed by atoms with E-state index in [0.29, 0.717) is 13.0 Å². The third kappa shape index (κ3) is 6.66. The number of nitrogens with one attached hydrogen (secondary N) is 1. The van der Waals surface area contributed by atoms with Crippen molar-refractivity contribution >= 4 is 17.9 Å². The molecule has 2 rings (SSSR count). The number of halogens is 3. The molecule has 2 unspecified atom stereocenters. The van der Waals surface area contributed by atoms with E-state index in [-0.39, 0.29) is 12.4 Å². The maximum atomic E-state index is 12.7. The van der Waals surface area contributed by atoms with Crippen LogP contribution in [0.2, 0.25) is 0 Å². The minimum Gasteiger partial charge on any atom is -0.490 e. The van der Waals surface area contributed by atoms with Gasteiger partial charge in [0.15, 0.2) is 5.56 Å². The van der Waals surface area contributed by atoms with E-state index in [9.17, 15) is 18.0 Å². The number of rotatable bonds is 6. The van der Waals surface area contributed by atoms with E-state index in [1.165, 1.54) is 23.9 Å². The molecule has 1 aliphatic rings. The van der Waals surface area contributed by atoms with E-state index < -0.39 is 29.5 Å². The van der Waals surface area contributed by atoms with Crippen LogP contribution in [0.15, 0.2) is 24.3 Å².